The number of halogens is 1. The van der Waals surface area contributed by atoms with Crippen molar-refractivity contribution in [3.63, 3.8) is 0 Å². The molecule has 0 aromatic carbocycles. The molecule has 2 fully saturated rings. The Morgan fingerprint density at radius 3 is 2.64 bits per heavy atom. The smallest absolute Gasteiger partial charge is 0.191 e. The molecule has 2 aliphatic rings. The van der Waals surface area contributed by atoms with Gasteiger partial charge in [0.2, 0.25) is 0 Å². The topological polar surface area (TPSA) is 52.6 Å². The molecule has 140 valence electrons. The average molecular weight is 475 g/mol. The fourth-order valence-electron chi connectivity index (χ4n) is 3.82. The van der Waals surface area contributed by atoms with Crippen LogP contribution >= 0.6 is 35.7 Å². The fraction of sp³-hybridized carbons (Fsp3) is 0.667. The molecule has 5 nitrogen and oxygen atoms in total. The maximum Gasteiger partial charge on any atom is 0.191 e. The van der Waals surface area contributed by atoms with Gasteiger partial charge in [0.15, 0.2) is 5.96 Å². The second-order valence-corrected chi connectivity index (χ2v) is 7.86. The summed E-state index contributed by atoms with van der Waals surface area (Å²) in [5, 5.41) is 6.97. The summed E-state index contributed by atoms with van der Waals surface area (Å²) in [6, 6.07) is 5.99. The summed E-state index contributed by atoms with van der Waals surface area (Å²) in [5.74, 6) is 3.42. The van der Waals surface area contributed by atoms with Crippen LogP contribution in [0.1, 0.15) is 31.4 Å². The van der Waals surface area contributed by atoms with Crippen LogP contribution in [0.5, 0.6) is 0 Å². The predicted octanol–water partition coefficient (Wildman–Crippen LogP) is 2.73. The number of nitrogens with zero attached hydrogens (tertiary/aromatic N) is 3. The zero-order chi connectivity index (χ0) is 16.7. The van der Waals surface area contributed by atoms with Crippen molar-refractivity contribution in [3.8, 4) is 0 Å². The van der Waals surface area contributed by atoms with Gasteiger partial charge in [0.1, 0.15) is 0 Å². The van der Waals surface area contributed by atoms with E-state index in [1.54, 1.807) is 0 Å². The first-order chi connectivity index (χ1) is 11.8. The van der Waals surface area contributed by atoms with Gasteiger partial charge in [-0.3, -0.25) is 14.9 Å². The van der Waals surface area contributed by atoms with Gasteiger partial charge in [-0.15, -0.1) is 24.0 Å². The van der Waals surface area contributed by atoms with Gasteiger partial charge in [0.25, 0.3) is 0 Å². The maximum absolute atomic E-state index is 4.38. The highest BCUT2D eigenvalue weighted by Crippen LogP contribution is 2.36. The van der Waals surface area contributed by atoms with Crippen molar-refractivity contribution in [2.75, 3.05) is 38.2 Å². The third kappa shape index (κ3) is 5.72. The second kappa shape index (κ2) is 10.6. The maximum atomic E-state index is 4.38. The monoisotopic (exact) mass is 475 g/mol. The molecule has 2 N–H and O–H groups in total. The van der Waals surface area contributed by atoms with Gasteiger partial charge in [-0.1, -0.05) is 18.9 Å². The molecule has 2 heterocycles. The normalized spacial score (nSPS) is 20.8. The number of thioether (sulfide) groups is 1. The van der Waals surface area contributed by atoms with E-state index in [2.05, 4.69) is 37.3 Å². The number of guanidine groups is 1. The van der Waals surface area contributed by atoms with E-state index in [-0.39, 0.29) is 24.0 Å². The van der Waals surface area contributed by atoms with E-state index >= 15 is 0 Å². The Balaban J connectivity index is 0.00000225. The van der Waals surface area contributed by atoms with Gasteiger partial charge in [-0.25, -0.2) is 0 Å². The van der Waals surface area contributed by atoms with Crippen LogP contribution in [0.25, 0.3) is 0 Å². The highest BCUT2D eigenvalue weighted by molar-refractivity contribution is 14.0. The summed E-state index contributed by atoms with van der Waals surface area (Å²) in [7, 11) is 1.84. The Labute approximate surface area is 172 Å². The first-order valence-electron chi connectivity index (χ1n) is 9.00. The number of pyridine rings is 1. The third-order valence-electron chi connectivity index (χ3n) is 5.19. The Kier molecular flexibility index (Phi) is 8.78. The highest BCUT2D eigenvalue weighted by Gasteiger charge is 2.39. The average Bonchev–Trinajstić information content (AvgIpc) is 3.14. The molecule has 0 amide bonds. The van der Waals surface area contributed by atoms with Crippen LogP contribution in [0, 0.1) is 0 Å². The van der Waals surface area contributed by atoms with Crippen molar-refractivity contribution >= 4 is 41.7 Å². The van der Waals surface area contributed by atoms with Crippen LogP contribution in [-0.2, 0) is 6.54 Å². The Morgan fingerprint density at radius 2 is 2.00 bits per heavy atom. The highest BCUT2D eigenvalue weighted by atomic mass is 127. The molecule has 7 heteroatoms. The van der Waals surface area contributed by atoms with Crippen molar-refractivity contribution in [2.24, 2.45) is 4.99 Å². The molecular formula is C18H30IN5S. The standard InChI is InChI=1S/C18H29N5S.HI/c1-19-17(21-14-16-6-2-5-9-20-16)22-15-18(7-3-4-8-18)23-10-12-24-13-11-23;/h2,5-6,9H,3-4,7-8,10-15H2,1H3,(H2,19,21,22);1H. The lowest BCUT2D eigenvalue weighted by Crippen LogP contribution is -2.57. The Hall–Kier alpha value is -0.540. The minimum atomic E-state index is 0. The van der Waals surface area contributed by atoms with Crippen molar-refractivity contribution in [3.05, 3.63) is 30.1 Å². The Bertz CT molecular complexity index is 528. The van der Waals surface area contributed by atoms with Gasteiger partial charge in [-0.2, -0.15) is 11.8 Å². The van der Waals surface area contributed by atoms with Gasteiger partial charge in [0.05, 0.1) is 12.2 Å². The summed E-state index contributed by atoms with van der Waals surface area (Å²) in [5.41, 5.74) is 1.35. The van der Waals surface area contributed by atoms with Crippen LogP contribution in [0.3, 0.4) is 0 Å². The lowest BCUT2D eigenvalue weighted by molar-refractivity contribution is 0.107. The summed E-state index contributed by atoms with van der Waals surface area (Å²) >= 11 is 2.09. The zero-order valence-electron chi connectivity index (χ0n) is 15.0. The van der Waals surface area contributed by atoms with E-state index in [4.69, 9.17) is 0 Å². The van der Waals surface area contributed by atoms with E-state index in [9.17, 15) is 0 Å². The summed E-state index contributed by atoms with van der Waals surface area (Å²) in [4.78, 5) is 11.5. The van der Waals surface area contributed by atoms with Gasteiger partial charge >= 0.3 is 0 Å². The third-order valence-corrected chi connectivity index (χ3v) is 6.13. The number of hydrogen-bond donors (Lipinski definition) is 2. The van der Waals surface area contributed by atoms with Crippen LogP contribution < -0.4 is 10.6 Å². The van der Waals surface area contributed by atoms with Crippen LogP contribution in [0.2, 0.25) is 0 Å². The summed E-state index contributed by atoms with van der Waals surface area (Å²) < 4.78 is 0. The fourth-order valence-corrected chi connectivity index (χ4v) is 4.72. The molecule has 3 rings (SSSR count). The molecule has 1 saturated heterocycles. The van der Waals surface area contributed by atoms with E-state index in [1.165, 1.54) is 50.3 Å². The molecule has 1 aliphatic heterocycles. The number of nitrogens with one attached hydrogen (secondary N) is 2. The molecule has 0 spiro atoms. The van der Waals surface area contributed by atoms with Crippen molar-refractivity contribution < 1.29 is 0 Å². The quantitative estimate of drug-likeness (QED) is 0.390. The van der Waals surface area contributed by atoms with E-state index < -0.39 is 0 Å². The molecule has 0 radical (unpaired) electrons. The van der Waals surface area contributed by atoms with Crippen molar-refractivity contribution in [2.45, 2.75) is 37.8 Å². The molecule has 0 bridgehead atoms. The minimum Gasteiger partial charge on any atom is -0.355 e. The number of aliphatic imine (C=N–C) groups is 1. The molecule has 1 aromatic rings. The molecule has 1 saturated carbocycles. The van der Waals surface area contributed by atoms with E-state index in [0.29, 0.717) is 12.1 Å². The number of hydrogen-bond acceptors (Lipinski definition) is 4. The lowest BCUT2D eigenvalue weighted by atomic mass is 9.94. The molecule has 1 aromatic heterocycles. The van der Waals surface area contributed by atoms with Crippen LogP contribution in [0.15, 0.2) is 29.4 Å². The predicted molar refractivity (Wildman–Crippen MR) is 118 cm³/mol. The molecular weight excluding hydrogens is 445 g/mol. The van der Waals surface area contributed by atoms with E-state index in [1.807, 2.05) is 31.4 Å². The lowest BCUT2D eigenvalue weighted by Gasteiger charge is -2.43. The SMILES string of the molecule is CN=C(NCc1ccccn1)NCC1(N2CCSCC2)CCCC1.I. The zero-order valence-corrected chi connectivity index (χ0v) is 18.2. The molecule has 0 atom stereocenters. The van der Waals surface area contributed by atoms with Gasteiger partial charge < -0.3 is 10.6 Å². The number of aromatic nitrogens is 1. The molecule has 1 aliphatic carbocycles. The summed E-state index contributed by atoms with van der Waals surface area (Å²) in [6.07, 6.45) is 7.15. The first kappa shape index (κ1) is 20.8. The van der Waals surface area contributed by atoms with Gasteiger partial charge in [0, 0.05) is 49.9 Å². The molecule has 25 heavy (non-hydrogen) atoms. The van der Waals surface area contributed by atoms with E-state index in [0.717, 1.165) is 18.2 Å². The number of rotatable bonds is 5. The van der Waals surface area contributed by atoms with Crippen LogP contribution in [-0.4, -0.2) is 59.6 Å². The van der Waals surface area contributed by atoms with Gasteiger partial charge in [-0.05, 0) is 25.0 Å². The van der Waals surface area contributed by atoms with Crippen molar-refractivity contribution in [1.29, 1.82) is 0 Å². The van der Waals surface area contributed by atoms with Crippen LogP contribution in [0.4, 0.5) is 0 Å². The van der Waals surface area contributed by atoms with Crippen molar-refractivity contribution in [1.82, 2.24) is 20.5 Å². The first-order valence-corrected chi connectivity index (χ1v) is 10.2. The summed E-state index contributed by atoms with van der Waals surface area (Å²) in [6.45, 7) is 4.14. The molecule has 0 unspecified atom stereocenters. The second-order valence-electron chi connectivity index (χ2n) is 6.63. The minimum absolute atomic E-state index is 0. The largest absolute Gasteiger partial charge is 0.355 e. The Morgan fingerprint density at radius 1 is 1.24 bits per heavy atom.